The smallest absolute Gasteiger partial charge is 0.190 e. The number of nitriles is 1. The molecule has 1 aromatic carbocycles. The fourth-order valence-corrected chi connectivity index (χ4v) is 1.27. The third-order valence-corrected chi connectivity index (χ3v) is 1.83. The Hall–Kier alpha value is -1.82. The number of nitrogens with zero attached hydrogens (tertiary/aromatic N) is 3. The first-order valence-electron chi connectivity index (χ1n) is 3.67. The molecule has 3 nitrogen and oxygen atoms in total. The van der Waals surface area contributed by atoms with Gasteiger partial charge in [-0.25, -0.2) is 9.55 Å². The number of para-hydroxylation sites is 2. The molecule has 0 aliphatic rings. The Morgan fingerprint density at radius 1 is 1.42 bits per heavy atom. The molecule has 12 heavy (non-hydrogen) atoms. The number of fused-ring (bicyclic) bond motifs is 1. The molecule has 0 spiro atoms. The van der Waals surface area contributed by atoms with E-state index in [4.69, 9.17) is 5.26 Å². The molecular formula is C9H7N3. The highest BCUT2D eigenvalue weighted by Crippen LogP contribution is 2.13. The van der Waals surface area contributed by atoms with Crippen LogP contribution in [-0.2, 0) is 0 Å². The summed E-state index contributed by atoms with van der Waals surface area (Å²) in [6.45, 7) is 1.82. The monoisotopic (exact) mass is 157 g/mol. The summed E-state index contributed by atoms with van der Waals surface area (Å²) in [5.41, 5.74) is 1.74. The van der Waals surface area contributed by atoms with Crippen LogP contribution in [0, 0.1) is 18.4 Å². The molecule has 0 bridgehead atoms. The summed E-state index contributed by atoms with van der Waals surface area (Å²) in [6.07, 6.45) is 2.07. The van der Waals surface area contributed by atoms with E-state index in [9.17, 15) is 0 Å². The summed E-state index contributed by atoms with van der Waals surface area (Å²) in [4.78, 5) is 4.22. The molecule has 0 saturated carbocycles. The van der Waals surface area contributed by atoms with Crippen LogP contribution in [0.15, 0.2) is 24.3 Å². The van der Waals surface area contributed by atoms with Crippen LogP contribution in [-0.4, -0.2) is 9.55 Å². The van der Waals surface area contributed by atoms with Crippen molar-refractivity contribution in [2.45, 2.75) is 6.92 Å². The van der Waals surface area contributed by atoms with Gasteiger partial charge in [0.15, 0.2) is 6.19 Å². The van der Waals surface area contributed by atoms with Gasteiger partial charge in [0.05, 0.1) is 11.0 Å². The number of rotatable bonds is 0. The zero-order valence-electron chi connectivity index (χ0n) is 6.65. The van der Waals surface area contributed by atoms with Crippen LogP contribution in [0.1, 0.15) is 5.82 Å². The van der Waals surface area contributed by atoms with E-state index in [0.717, 1.165) is 16.9 Å². The maximum absolute atomic E-state index is 8.78. The van der Waals surface area contributed by atoms with Gasteiger partial charge in [-0.05, 0) is 19.1 Å². The first kappa shape index (κ1) is 6.86. The minimum Gasteiger partial charge on any atom is -0.233 e. The van der Waals surface area contributed by atoms with Gasteiger partial charge >= 0.3 is 0 Å². The topological polar surface area (TPSA) is 41.6 Å². The molecule has 0 fully saturated rings. The molecule has 0 atom stereocenters. The van der Waals surface area contributed by atoms with E-state index in [0.29, 0.717) is 0 Å². The highest BCUT2D eigenvalue weighted by atomic mass is 15.1. The highest BCUT2D eigenvalue weighted by Gasteiger charge is 2.03. The van der Waals surface area contributed by atoms with Crippen LogP contribution in [0.3, 0.4) is 0 Å². The van der Waals surface area contributed by atoms with Crippen LogP contribution < -0.4 is 0 Å². The van der Waals surface area contributed by atoms with Gasteiger partial charge in [0.2, 0.25) is 0 Å². The lowest BCUT2D eigenvalue weighted by atomic mass is 10.3. The van der Waals surface area contributed by atoms with Crippen molar-refractivity contribution < 1.29 is 0 Å². The molecule has 1 heterocycles. The SMILES string of the molecule is Cc1nc2ccccc2n1C#N. The van der Waals surface area contributed by atoms with Crippen molar-refractivity contribution in [2.24, 2.45) is 0 Å². The molecule has 0 N–H and O–H groups in total. The summed E-state index contributed by atoms with van der Waals surface area (Å²) in [5, 5.41) is 8.78. The fraction of sp³-hybridized carbons (Fsp3) is 0.111. The minimum atomic E-state index is 0.735. The van der Waals surface area contributed by atoms with Crippen molar-refractivity contribution >= 4 is 11.0 Å². The fourth-order valence-electron chi connectivity index (χ4n) is 1.27. The van der Waals surface area contributed by atoms with Gasteiger partial charge in [-0.3, -0.25) is 0 Å². The zero-order chi connectivity index (χ0) is 8.55. The second kappa shape index (κ2) is 2.35. The lowest BCUT2D eigenvalue weighted by molar-refractivity contribution is 1.02. The van der Waals surface area contributed by atoms with Gasteiger partial charge in [-0.1, -0.05) is 12.1 Å². The highest BCUT2D eigenvalue weighted by molar-refractivity contribution is 5.76. The van der Waals surface area contributed by atoms with Gasteiger partial charge < -0.3 is 0 Å². The van der Waals surface area contributed by atoms with Crippen LogP contribution in [0.5, 0.6) is 0 Å². The lowest BCUT2D eigenvalue weighted by Crippen LogP contribution is -1.89. The Balaban J connectivity index is 2.93. The average molecular weight is 157 g/mol. The maximum atomic E-state index is 8.78. The molecule has 58 valence electrons. The second-order valence-corrected chi connectivity index (χ2v) is 2.58. The summed E-state index contributed by atoms with van der Waals surface area (Å²) in [7, 11) is 0. The first-order valence-corrected chi connectivity index (χ1v) is 3.67. The van der Waals surface area contributed by atoms with Gasteiger partial charge in [0.25, 0.3) is 0 Å². The first-order chi connectivity index (χ1) is 5.83. The Morgan fingerprint density at radius 2 is 2.17 bits per heavy atom. The molecule has 2 aromatic rings. The third kappa shape index (κ3) is 0.785. The molecule has 0 aliphatic heterocycles. The number of benzene rings is 1. The third-order valence-electron chi connectivity index (χ3n) is 1.83. The second-order valence-electron chi connectivity index (χ2n) is 2.58. The molecule has 1 aromatic heterocycles. The van der Waals surface area contributed by atoms with Crippen LogP contribution in [0.4, 0.5) is 0 Å². The number of aromatic nitrogens is 2. The Morgan fingerprint density at radius 3 is 2.92 bits per heavy atom. The quantitative estimate of drug-likeness (QED) is 0.583. The molecule has 3 heteroatoms. The standard InChI is InChI=1S/C9H7N3/c1-7-11-8-4-2-3-5-9(8)12(7)6-10/h2-5H,1H3. The van der Waals surface area contributed by atoms with Gasteiger partial charge in [0, 0.05) is 0 Å². The molecule has 0 aliphatic carbocycles. The van der Waals surface area contributed by atoms with E-state index in [1.165, 1.54) is 4.57 Å². The number of imidazole rings is 1. The molecular weight excluding hydrogens is 150 g/mol. The molecule has 2 rings (SSSR count). The summed E-state index contributed by atoms with van der Waals surface area (Å²) < 4.78 is 1.52. The molecule has 0 unspecified atom stereocenters. The van der Waals surface area contributed by atoms with Crippen LogP contribution >= 0.6 is 0 Å². The molecule has 0 saturated heterocycles. The van der Waals surface area contributed by atoms with Gasteiger partial charge in [-0.15, -0.1) is 0 Å². The zero-order valence-corrected chi connectivity index (χ0v) is 6.65. The van der Waals surface area contributed by atoms with Gasteiger partial charge in [0.1, 0.15) is 5.82 Å². The van der Waals surface area contributed by atoms with E-state index < -0.39 is 0 Å². The van der Waals surface area contributed by atoms with E-state index in [-0.39, 0.29) is 0 Å². The van der Waals surface area contributed by atoms with Crippen molar-refractivity contribution in [3.05, 3.63) is 30.1 Å². The summed E-state index contributed by atoms with van der Waals surface area (Å²) in [5.74, 6) is 0.735. The Labute approximate surface area is 69.9 Å². The van der Waals surface area contributed by atoms with E-state index in [1.54, 1.807) is 0 Å². The number of hydrogen-bond acceptors (Lipinski definition) is 2. The van der Waals surface area contributed by atoms with E-state index in [1.807, 2.05) is 31.2 Å². The van der Waals surface area contributed by atoms with E-state index >= 15 is 0 Å². The molecule has 0 amide bonds. The van der Waals surface area contributed by atoms with Crippen LogP contribution in [0.2, 0.25) is 0 Å². The maximum Gasteiger partial charge on any atom is 0.190 e. The summed E-state index contributed by atoms with van der Waals surface area (Å²) >= 11 is 0. The van der Waals surface area contributed by atoms with Crippen molar-refractivity contribution in [2.75, 3.05) is 0 Å². The van der Waals surface area contributed by atoms with Crippen molar-refractivity contribution in [1.82, 2.24) is 9.55 Å². The van der Waals surface area contributed by atoms with E-state index in [2.05, 4.69) is 11.2 Å². The predicted octanol–water partition coefficient (Wildman–Crippen LogP) is 1.67. The van der Waals surface area contributed by atoms with Gasteiger partial charge in [-0.2, -0.15) is 5.26 Å². The Kier molecular flexibility index (Phi) is 1.34. The Bertz CT molecular complexity index is 462. The normalized spacial score (nSPS) is 10.0. The summed E-state index contributed by atoms with van der Waals surface area (Å²) in [6, 6.07) is 7.60. The number of hydrogen-bond donors (Lipinski definition) is 0. The largest absolute Gasteiger partial charge is 0.233 e. The van der Waals surface area contributed by atoms with Crippen molar-refractivity contribution in [3.63, 3.8) is 0 Å². The number of aryl methyl sites for hydroxylation is 1. The minimum absolute atomic E-state index is 0.735. The van der Waals surface area contributed by atoms with Crippen LogP contribution in [0.25, 0.3) is 11.0 Å². The average Bonchev–Trinajstić information content (AvgIpc) is 2.40. The predicted molar refractivity (Wildman–Crippen MR) is 45.5 cm³/mol. The molecule has 0 radical (unpaired) electrons. The van der Waals surface area contributed by atoms with Crippen molar-refractivity contribution in [3.8, 4) is 6.19 Å². The lowest BCUT2D eigenvalue weighted by Gasteiger charge is -1.90. The van der Waals surface area contributed by atoms with Crippen molar-refractivity contribution in [1.29, 1.82) is 5.26 Å².